The third-order valence-corrected chi connectivity index (χ3v) is 11.4. The predicted molar refractivity (Wildman–Crippen MR) is 170 cm³/mol. The summed E-state index contributed by atoms with van der Waals surface area (Å²) in [5, 5.41) is 2.00. The molecular formula is C32H39F3NO7PS. The number of ether oxygens (including phenoxy) is 2. The van der Waals surface area contributed by atoms with Gasteiger partial charge < -0.3 is 0 Å². The number of alkyl halides is 3. The molecule has 1 N–H and O–H groups in total. The molecule has 0 saturated carbocycles. The molecule has 0 radical (unpaired) electrons. The van der Waals surface area contributed by atoms with Crippen LogP contribution in [0.2, 0.25) is 0 Å². The number of benzene rings is 2. The summed E-state index contributed by atoms with van der Waals surface area (Å²) in [7, 11) is -3.92. The molecule has 1 spiro atoms. The average molecular weight is 670 g/mol. The first kappa shape index (κ1) is 34.7. The number of hydrogen-bond donors (Lipinski definition) is 1. The van der Waals surface area contributed by atoms with Gasteiger partial charge in [-0.05, 0) is 0 Å². The van der Waals surface area contributed by atoms with Gasteiger partial charge in [0, 0.05) is 0 Å². The fourth-order valence-electron chi connectivity index (χ4n) is 5.56. The van der Waals surface area contributed by atoms with Crippen LogP contribution in [-0.4, -0.2) is 43.9 Å². The number of hydrogen-bond acceptors (Lipinski definition) is 8. The summed E-state index contributed by atoms with van der Waals surface area (Å²) >= 11 is 5.52. The Kier molecular flexibility index (Phi) is 8.66. The zero-order chi connectivity index (χ0) is 33.9. The average Bonchev–Trinajstić information content (AvgIpc) is 3.16. The molecular weight excluding hydrogens is 630 g/mol. The van der Waals surface area contributed by atoms with Gasteiger partial charge in [-0.3, -0.25) is 0 Å². The van der Waals surface area contributed by atoms with Gasteiger partial charge in [-0.1, -0.05) is 0 Å². The molecule has 4 rings (SSSR count). The SMILES string of the molecule is COC(=O)C1=C(C(=O)OC)P2(OCC(F)(F)F)(NC1=S)Oc1c(cc(C)cc1C(C)(C)C)Cc1cc(C)cc(C(C)(C)C)c1O2. The van der Waals surface area contributed by atoms with Gasteiger partial charge in [0.15, 0.2) is 0 Å². The van der Waals surface area contributed by atoms with Crippen LogP contribution < -0.4 is 14.1 Å². The van der Waals surface area contributed by atoms with Gasteiger partial charge >= 0.3 is 267 Å². The molecule has 246 valence electrons. The fraction of sp³-hybridized carbons (Fsp3) is 0.469. The van der Waals surface area contributed by atoms with Crippen LogP contribution in [0.1, 0.15) is 74.9 Å². The van der Waals surface area contributed by atoms with Gasteiger partial charge in [0.05, 0.1) is 0 Å². The van der Waals surface area contributed by atoms with E-state index in [1.165, 1.54) is 0 Å². The monoisotopic (exact) mass is 669 g/mol. The Morgan fingerprint density at radius 1 is 0.844 bits per heavy atom. The summed E-state index contributed by atoms with van der Waals surface area (Å²) in [6.07, 6.45) is -4.65. The number of aryl methyl sites for hydroxylation is 2. The molecule has 13 heteroatoms. The maximum atomic E-state index is 14.2. The molecule has 2 aliphatic rings. The Morgan fingerprint density at radius 3 is 1.67 bits per heavy atom. The van der Waals surface area contributed by atoms with E-state index < -0.39 is 58.9 Å². The van der Waals surface area contributed by atoms with E-state index in [1.54, 1.807) is 0 Å². The second-order valence-electron chi connectivity index (χ2n) is 13.4. The molecule has 0 amide bonds. The van der Waals surface area contributed by atoms with Crippen LogP contribution in [0.4, 0.5) is 13.2 Å². The van der Waals surface area contributed by atoms with Crippen LogP contribution in [0.25, 0.3) is 0 Å². The summed E-state index contributed by atoms with van der Waals surface area (Å²) in [5.74, 6) is -2.07. The molecule has 2 aliphatic heterocycles. The topological polar surface area (TPSA) is 92.3 Å². The third kappa shape index (κ3) is 6.29. The molecule has 0 bridgehead atoms. The van der Waals surface area contributed by atoms with Crippen molar-refractivity contribution in [3.05, 3.63) is 68.5 Å². The number of thiocarbonyl (C=S) groups is 1. The van der Waals surface area contributed by atoms with Crippen LogP contribution in [0, 0.1) is 13.8 Å². The number of carbonyl (C=O) groups excluding carboxylic acids is 2. The Morgan fingerprint density at radius 2 is 1.29 bits per heavy atom. The zero-order valence-electron chi connectivity index (χ0n) is 27.1. The van der Waals surface area contributed by atoms with Crippen LogP contribution in [-0.2, 0) is 40.8 Å². The molecule has 0 atom stereocenters. The van der Waals surface area contributed by atoms with Crippen LogP contribution in [0.3, 0.4) is 0 Å². The fourth-order valence-corrected chi connectivity index (χ4v) is 9.94. The van der Waals surface area contributed by atoms with E-state index in [2.05, 4.69) is 5.09 Å². The van der Waals surface area contributed by atoms with Crippen molar-refractivity contribution in [2.75, 3.05) is 20.8 Å². The van der Waals surface area contributed by atoms with E-state index in [0.29, 0.717) is 22.3 Å². The first-order valence-electron chi connectivity index (χ1n) is 14.2. The summed E-state index contributed by atoms with van der Waals surface area (Å²) < 4.78 is 72.0. The first-order chi connectivity index (χ1) is 20.5. The van der Waals surface area contributed by atoms with Gasteiger partial charge in [-0.15, -0.1) is 0 Å². The normalized spacial score (nSPS) is 18.2. The van der Waals surface area contributed by atoms with Gasteiger partial charge in [0.1, 0.15) is 0 Å². The van der Waals surface area contributed by atoms with E-state index in [1.807, 2.05) is 79.7 Å². The second kappa shape index (κ2) is 11.2. The minimum atomic E-state index is -5.98. The van der Waals surface area contributed by atoms with E-state index in [0.717, 1.165) is 25.3 Å². The molecule has 2 aromatic rings. The number of rotatable bonds is 4. The number of esters is 2. The molecule has 0 aromatic heterocycles. The van der Waals surface area contributed by atoms with Gasteiger partial charge in [0.25, 0.3) is 0 Å². The molecule has 2 aromatic carbocycles. The van der Waals surface area contributed by atoms with Gasteiger partial charge in [-0.2, -0.15) is 0 Å². The summed E-state index contributed by atoms with van der Waals surface area (Å²) in [5.41, 5.74) is 2.39. The molecule has 0 unspecified atom stereocenters. The van der Waals surface area contributed by atoms with Crippen molar-refractivity contribution < 1.29 is 45.8 Å². The van der Waals surface area contributed by atoms with Crippen molar-refractivity contribution >= 4 is 36.6 Å². The van der Waals surface area contributed by atoms with E-state index >= 15 is 0 Å². The van der Waals surface area contributed by atoms with E-state index in [9.17, 15) is 22.8 Å². The summed E-state index contributed by atoms with van der Waals surface area (Å²) in [6, 6.07) is 7.44. The second-order valence-corrected chi connectivity index (χ2v) is 16.8. The van der Waals surface area contributed by atoms with E-state index in [4.69, 9.17) is 35.3 Å². The molecule has 8 nitrogen and oxygen atoms in total. The number of fused-ring (bicyclic) bond motifs is 2. The predicted octanol–water partition coefficient (Wildman–Crippen LogP) is 7.58. The van der Waals surface area contributed by atoms with Crippen molar-refractivity contribution in [1.82, 2.24) is 5.09 Å². The molecule has 0 aliphatic carbocycles. The Bertz CT molecular complexity index is 1570. The molecule has 0 saturated heterocycles. The van der Waals surface area contributed by atoms with Crippen molar-refractivity contribution in [2.45, 2.75) is 78.8 Å². The quantitative estimate of drug-likeness (QED) is 0.201. The van der Waals surface area contributed by atoms with Crippen molar-refractivity contribution in [1.29, 1.82) is 0 Å². The Labute approximate surface area is 266 Å². The van der Waals surface area contributed by atoms with Gasteiger partial charge in [0.2, 0.25) is 0 Å². The minimum absolute atomic E-state index is 0.139. The Balaban J connectivity index is 2.32. The zero-order valence-corrected chi connectivity index (χ0v) is 28.8. The van der Waals surface area contributed by atoms with Crippen LogP contribution in [0.5, 0.6) is 11.5 Å². The third-order valence-electron chi connectivity index (χ3n) is 7.51. The van der Waals surface area contributed by atoms with Crippen LogP contribution >= 0.6 is 19.7 Å². The molecule has 0 fully saturated rings. The van der Waals surface area contributed by atoms with Crippen molar-refractivity contribution in [2.24, 2.45) is 0 Å². The van der Waals surface area contributed by atoms with Crippen molar-refractivity contribution in [3.8, 4) is 11.5 Å². The van der Waals surface area contributed by atoms with Crippen LogP contribution in [0.15, 0.2) is 35.2 Å². The number of carbonyl (C=O) groups is 2. The number of methoxy groups -OCH3 is 2. The summed E-state index contributed by atoms with van der Waals surface area (Å²) in [6.45, 7) is 13.4. The Hall–Kier alpha value is -3.21. The van der Waals surface area contributed by atoms with Crippen molar-refractivity contribution in [3.63, 3.8) is 0 Å². The number of halogens is 3. The maximum absolute atomic E-state index is 14.2. The molecule has 45 heavy (non-hydrogen) atoms. The first-order valence-corrected chi connectivity index (χ1v) is 16.6. The standard InChI is InChI=1S/C32H39F3NO7PS/c1-17-11-19-15-20-12-18(2)14-22(31(6,7)8)25(20)43-44(41-16-32(33,34)35,42-24(19)21(13-17)30(3,4)5)26(29(38)40-10)23(27(45)36-44)28(37)39-9/h11-14H,15-16H2,1-10H3,(H,36,45). The van der Waals surface area contributed by atoms with E-state index in [-0.39, 0.29) is 17.9 Å². The summed E-state index contributed by atoms with van der Waals surface area (Å²) in [4.78, 5) is 26.6. The molecule has 2 heterocycles. The number of nitrogens with one attached hydrogen (secondary N) is 1. The van der Waals surface area contributed by atoms with Gasteiger partial charge in [-0.25, -0.2) is 0 Å².